The first-order valence-electron chi connectivity index (χ1n) is 8.19. The number of nitrogens with zero attached hydrogens (tertiary/aromatic N) is 1. The van der Waals surface area contributed by atoms with Crippen LogP contribution in [0.3, 0.4) is 0 Å². The van der Waals surface area contributed by atoms with Crippen LogP contribution < -0.4 is 4.74 Å². The molecule has 2 aromatic carbocycles. The van der Waals surface area contributed by atoms with Gasteiger partial charge in [0, 0.05) is 12.5 Å². The molecule has 3 rings (SSSR count). The number of halogens is 3. The Hall–Kier alpha value is -2.59. The van der Waals surface area contributed by atoms with Crippen molar-refractivity contribution in [2.24, 2.45) is 0 Å². The first-order chi connectivity index (χ1) is 13.2. The third-order valence-electron chi connectivity index (χ3n) is 4.26. The van der Waals surface area contributed by atoms with E-state index in [9.17, 15) is 26.4 Å². The fraction of sp³-hybridized carbons (Fsp3) is 0.278. The number of para-hydroxylation sites is 1. The van der Waals surface area contributed by atoms with Crippen molar-refractivity contribution in [3.05, 3.63) is 59.9 Å². The maximum Gasteiger partial charge on any atom is 0.324 e. The summed E-state index contributed by atoms with van der Waals surface area (Å²) in [6.07, 6.45) is -0.980. The van der Waals surface area contributed by atoms with E-state index < -0.39 is 50.5 Å². The third kappa shape index (κ3) is 3.97. The van der Waals surface area contributed by atoms with Gasteiger partial charge in [-0.15, -0.1) is 0 Å². The Balaban J connectivity index is 1.93. The van der Waals surface area contributed by atoms with Crippen molar-refractivity contribution in [3.63, 3.8) is 0 Å². The molecule has 150 valence electrons. The number of benzene rings is 2. The maximum atomic E-state index is 13.8. The fourth-order valence-corrected chi connectivity index (χ4v) is 4.67. The van der Waals surface area contributed by atoms with Crippen LogP contribution in [0.15, 0.2) is 47.4 Å². The molecule has 6 nitrogen and oxygen atoms in total. The number of ether oxygens (including phenoxy) is 2. The summed E-state index contributed by atoms with van der Waals surface area (Å²) in [5, 5.41) is 0. The highest BCUT2D eigenvalue weighted by Crippen LogP contribution is 2.30. The minimum Gasteiger partial charge on any atom is -0.486 e. The third-order valence-corrected chi connectivity index (χ3v) is 6.12. The van der Waals surface area contributed by atoms with Crippen LogP contribution in [-0.2, 0) is 19.6 Å². The molecule has 0 aromatic heterocycles. The van der Waals surface area contributed by atoms with Gasteiger partial charge in [0.05, 0.1) is 18.6 Å². The van der Waals surface area contributed by atoms with Gasteiger partial charge in [0.1, 0.15) is 23.8 Å². The minimum absolute atomic E-state index is 0.104. The van der Waals surface area contributed by atoms with E-state index in [0.29, 0.717) is 18.2 Å². The molecule has 0 aliphatic carbocycles. The molecule has 0 saturated carbocycles. The second-order valence-electron chi connectivity index (χ2n) is 6.12. The van der Waals surface area contributed by atoms with Gasteiger partial charge in [-0.25, -0.2) is 21.6 Å². The zero-order valence-corrected chi connectivity index (χ0v) is 15.5. The molecule has 1 aliphatic heterocycles. The molecule has 10 heteroatoms. The smallest absolute Gasteiger partial charge is 0.324 e. The normalized spacial score (nSPS) is 20.1. The lowest BCUT2D eigenvalue weighted by molar-refractivity contribution is -0.144. The van der Waals surface area contributed by atoms with Crippen molar-refractivity contribution < 1.29 is 35.9 Å². The Morgan fingerprint density at radius 1 is 1.11 bits per heavy atom. The van der Waals surface area contributed by atoms with E-state index in [0.717, 1.165) is 11.4 Å². The number of carbonyl (C=O) groups is 1. The number of sulfonamides is 1. The largest absolute Gasteiger partial charge is 0.486 e. The summed E-state index contributed by atoms with van der Waals surface area (Å²) >= 11 is 0. The van der Waals surface area contributed by atoms with Crippen LogP contribution in [0.2, 0.25) is 0 Å². The maximum absolute atomic E-state index is 13.8. The van der Waals surface area contributed by atoms with E-state index in [1.807, 2.05) is 0 Å². The molecule has 1 fully saturated rings. The van der Waals surface area contributed by atoms with E-state index >= 15 is 0 Å². The summed E-state index contributed by atoms with van der Waals surface area (Å²) in [5.41, 5.74) is 0. The van der Waals surface area contributed by atoms with Crippen molar-refractivity contribution in [1.82, 2.24) is 4.31 Å². The first kappa shape index (κ1) is 20.2. The number of hydrogen-bond acceptors (Lipinski definition) is 5. The molecule has 0 N–H and O–H groups in total. The Morgan fingerprint density at radius 3 is 2.36 bits per heavy atom. The minimum atomic E-state index is -4.44. The van der Waals surface area contributed by atoms with E-state index in [-0.39, 0.29) is 18.7 Å². The van der Waals surface area contributed by atoms with Crippen molar-refractivity contribution >= 4 is 16.0 Å². The van der Waals surface area contributed by atoms with Crippen LogP contribution in [0.5, 0.6) is 5.75 Å². The second-order valence-corrected chi connectivity index (χ2v) is 8.02. The molecule has 1 aliphatic rings. The van der Waals surface area contributed by atoms with Gasteiger partial charge < -0.3 is 9.47 Å². The van der Waals surface area contributed by atoms with Crippen LogP contribution in [-0.4, -0.2) is 44.5 Å². The van der Waals surface area contributed by atoms with Crippen LogP contribution in [0.1, 0.15) is 6.42 Å². The Bertz CT molecular complexity index is 978. The SMILES string of the molecule is COC(=O)C1CC(Oc2ccccc2F)CN1S(=O)(=O)c1cc(F)cc(F)c1. The molecule has 0 radical (unpaired) electrons. The van der Waals surface area contributed by atoms with Crippen LogP contribution >= 0.6 is 0 Å². The average Bonchev–Trinajstić information content (AvgIpc) is 3.07. The summed E-state index contributed by atoms with van der Waals surface area (Å²) in [6, 6.07) is 6.09. The van der Waals surface area contributed by atoms with E-state index in [1.165, 1.54) is 24.3 Å². The Morgan fingerprint density at radius 2 is 1.75 bits per heavy atom. The summed E-state index contributed by atoms with van der Waals surface area (Å²) in [6.45, 7) is -0.325. The van der Waals surface area contributed by atoms with Crippen molar-refractivity contribution in [3.8, 4) is 5.75 Å². The quantitative estimate of drug-likeness (QED) is 0.702. The summed E-state index contributed by atoms with van der Waals surface area (Å²) in [7, 11) is -3.36. The Kier molecular flexibility index (Phi) is 5.61. The highest BCUT2D eigenvalue weighted by atomic mass is 32.2. The van der Waals surface area contributed by atoms with E-state index in [1.54, 1.807) is 0 Å². The number of carbonyl (C=O) groups excluding carboxylic acids is 1. The second kappa shape index (κ2) is 7.80. The molecule has 1 saturated heterocycles. The van der Waals surface area contributed by atoms with Gasteiger partial charge in [-0.2, -0.15) is 4.31 Å². The summed E-state index contributed by atoms with van der Waals surface area (Å²) < 4.78 is 77.5. The fourth-order valence-electron chi connectivity index (χ4n) is 3.00. The lowest BCUT2D eigenvalue weighted by Gasteiger charge is -2.21. The highest BCUT2D eigenvalue weighted by molar-refractivity contribution is 7.89. The number of rotatable bonds is 5. The van der Waals surface area contributed by atoms with Gasteiger partial charge in [0.15, 0.2) is 11.6 Å². The lowest BCUT2D eigenvalue weighted by atomic mass is 10.2. The van der Waals surface area contributed by atoms with E-state index in [2.05, 4.69) is 4.74 Å². The molecule has 0 spiro atoms. The Labute approximate surface area is 159 Å². The van der Waals surface area contributed by atoms with Crippen molar-refractivity contribution in [1.29, 1.82) is 0 Å². The highest BCUT2D eigenvalue weighted by Gasteiger charge is 2.46. The monoisotopic (exact) mass is 415 g/mol. The van der Waals surface area contributed by atoms with Crippen molar-refractivity contribution in [2.45, 2.75) is 23.5 Å². The summed E-state index contributed by atoms with van der Waals surface area (Å²) in [4.78, 5) is 11.4. The van der Waals surface area contributed by atoms with Crippen LogP contribution in [0.4, 0.5) is 13.2 Å². The molecule has 0 bridgehead atoms. The summed E-state index contributed by atoms with van der Waals surface area (Å²) in [5.74, 6) is -3.77. The standard InChI is InChI=1S/C18H16F3NO5S/c1-26-18(23)16-9-13(27-17-5-3-2-4-15(17)21)10-22(16)28(24,25)14-7-11(19)6-12(20)8-14/h2-8,13,16H,9-10H2,1H3. The van der Waals surface area contributed by atoms with Gasteiger partial charge in [0.2, 0.25) is 10.0 Å². The average molecular weight is 415 g/mol. The van der Waals surface area contributed by atoms with Crippen LogP contribution in [0.25, 0.3) is 0 Å². The predicted molar refractivity (Wildman–Crippen MR) is 91.5 cm³/mol. The molecule has 2 aromatic rings. The van der Waals surface area contributed by atoms with Gasteiger partial charge in [-0.3, -0.25) is 4.79 Å². The van der Waals surface area contributed by atoms with Crippen LogP contribution in [0, 0.1) is 17.5 Å². The molecule has 0 amide bonds. The van der Waals surface area contributed by atoms with E-state index in [4.69, 9.17) is 4.74 Å². The number of esters is 1. The first-order valence-corrected chi connectivity index (χ1v) is 9.63. The molecule has 2 atom stereocenters. The number of methoxy groups -OCH3 is 1. The van der Waals surface area contributed by atoms with Gasteiger partial charge in [0.25, 0.3) is 0 Å². The molecule has 2 unspecified atom stereocenters. The molecular formula is C18H16F3NO5S. The molecular weight excluding hydrogens is 399 g/mol. The van der Waals surface area contributed by atoms with Gasteiger partial charge >= 0.3 is 5.97 Å². The molecule has 1 heterocycles. The zero-order valence-electron chi connectivity index (χ0n) is 14.6. The van der Waals surface area contributed by atoms with Crippen molar-refractivity contribution in [2.75, 3.05) is 13.7 Å². The van der Waals surface area contributed by atoms with Gasteiger partial charge in [-0.1, -0.05) is 12.1 Å². The zero-order chi connectivity index (χ0) is 20.5. The predicted octanol–water partition coefficient (Wildman–Crippen LogP) is 2.49. The van der Waals surface area contributed by atoms with Gasteiger partial charge in [-0.05, 0) is 24.3 Å². The topological polar surface area (TPSA) is 72.9 Å². The molecule has 28 heavy (non-hydrogen) atoms. The lowest BCUT2D eigenvalue weighted by Crippen LogP contribution is -2.41. The number of hydrogen-bond donors (Lipinski definition) is 0.